The molecule has 4 heteroatoms. The number of hydrogen-bond donors (Lipinski definition) is 1. The molecule has 18 heavy (non-hydrogen) atoms. The van der Waals surface area contributed by atoms with Crippen LogP contribution in [-0.4, -0.2) is 36.6 Å². The normalized spacial score (nSPS) is 22.7. The Morgan fingerprint density at radius 3 is 2.89 bits per heavy atom. The van der Waals surface area contributed by atoms with E-state index in [1.807, 2.05) is 25.2 Å². The molecule has 3 rings (SSSR count). The number of aromatic nitrogens is 2. The summed E-state index contributed by atoms with van der Waals surface area (Å²) in [5, 5.41) is 3.64. The first-order chi connectivity index (χ1) is 8.72. The molecule has 0 aliphatic heterocycles. The van der Waals surface area contributed by atoms with Gasteiger partial charge in [0.25, 0.3) is 0 Å². The van der Waals surface area contributed by atoms with E-state index in [4.69, 9.17) is 0 Å². The summed E-state index contributed by atoms with van der Waals surface area (Å²) >= 11 is 0. The lowest BCUT2D eigenvalue weighted by Gasteiger charge is -2.24. The first-order valence-corrected chi connectivity index (χ1v) is 6.98. The fourth-order valence-corrected chi connectivity index (χ4v) is 2.58. The highest BCUT2D eigenvalue weighted by atomic mass is 15.2. The average Bonchev–Trinajstić information content (AvgIpc) is 3.19. The van der Waals surface area contributed by atoms with E-state index < -0.39 is 0 Å². The Bertz CT molecular complexity index is 426. The molecular formula is C14H22N4. The molecule has 1 saturated carbocycles. The summed E-state index contributed by atoms with van der Waals surface area (Å²) < 4.78 is 0. The van der Waals surface area contributed by atoms with E-state index in [0.29, 0.717) is 0 Å². The molecule has 1 unspecified atom stereocenters. The molecule has 1 fully saturated rings. The van der Waals surface area contributed by atoms with E-state index in [1.165, 1.54) is 37.1 Å². The summed E-state index contributed by atoms with van der Waals surface area (Å²) in [6.45, 7) is 1.17. The van der Waals surface area contributed by atoms with Crippen molar-refractivity contribution in [1.82, 2.24) is 15.3 Å². The van der Waals surface area contributed by atoms with Crippen LogP contribution in [0.4, 0.5) is 5.95 Å². The Morgan fingerprint density at radius 2 is 2.17 bits per heavy atom. The van der Waals surface area contributed by atoms with Crippen LogP contribution in [0.15, 0.2) is 6.20 Å². The van der Waals surface area contributed by atoms with Gasteiger partial charge in [0.1, 0.15) is 0 Å². The minimum absolute atomic E-state index is 0.770. The monoisotopic (exact) mass is 246 g/mol. The van der Waals surface area contributed by atoms with Crippen LogP contribution in [0.25, 0.3) is 0 Å². The topological polar surface area (TPSA) is 41.1 Å². The molecular weight excluding hydrogens is 224 g/mol. The van der Waals surface area contributed by atoms with Crippen molar-refractivity contribution in [2.24, 2.45) is 5.92 Å². The SMILES string of the molecule is CN(C)c1ncc2c(n1)CCC(CNC1CC1)C2. The maximum Gasteiger partial charge on any atom is 0.224 e. The first kappa shape index (κ1) is 11.9. The van der Waals surface area contributed by atoms with Gasteiger partial charge in [-0.2, -0.15) is 0 Å². The van der Waals surface area contributed by atoms with Crippen LogP contribution in [0.1, 0.15) is 30.5 Å². The van der Waals surface area contributed by atoms with Gasteiger partial charge in [-0.15, -0.1) is 0 Å². The Morgan fingerprint density at radius 1 is 1.33 bits per heavy atom. The molecule has 0 amide bonds. The predicted molar refractivity (Wildman–Crippen MR) is 72.9 cm³/mol. The standard InChI is InChI=1S/C14H22N4/c1-18(2)14-16-9-11-7-10(3-6-13(11)17-14)8-15-12-4-5-12/h9-10,12,15H,3-8H2,1-2H3. The van der Waals surface area contributed by atoms with Crippen LogP contribution in [-0.2, 0) is 12.8 Å². The van der Waals surface area contributed by atoms with E-state index in [0.717, 1.165) is 30.7 Å². The molecule has 0 bridgehead atoms. The summed E-state index contributed by atoms with van der Waals surface area (Å²) in [6, 6.07) is 0.818. The van der Waals surface area contributed by atoms with Gasteiger partial charge in [0.2, 0.25) is 5.95 Å². The minimum atomic E-state index is 0.770. The van der Waals surface area contributed by atoms with Crippen LogP contribution in [0.5, 0.6) is 0 Å². The lowest BCUT2D eigenvalue weighted by molar-refractivity contribution is 0.418. The molecule has 1 aromatic heterocycles. The van der Waals surface area contributed by atoms with Gasteiger partial charge in [0, 0.05) is 32.0 Å². The summed E-state index contributed by atoms with van der Waals surface area (Å²) in [5.41, 5.74) is 2.62. The summed E-state index contributed by atoms with van der Waals surface area (Å²) in [7, 11) is 3.99. The molecule has 1 N–H and O–H groups in total. The fraction of sp³-hybridized carbons (Fsp3) is 0.714. The van der Waals surface area contributed by atoms with E-state index in [2.05, 4.69) is 15.3 Å². The maximum atomic E-state index is 4.65. The largest absolute Gasteiger partial charge is 0.347 e. The van der Waals surface area contributed by atoms with Crippen molar-refractivity contribution in [2.45, 2.75) is 38.1 Å². The molecule has 2 aliphatic carbocycles. The van der Waals surface area contributed by atoms with Gasteiger partial charge in [-0.1, -0.05) is 0 Å². The highest BCUT2D eigenvalue weighted by Crippen LogP contribution is 2.26. The number of fused-ring (bicyclic) bond motifs is 1. The Kier molecular flexibility index (Phi) is 3.20. The Hall–Kier alpha value is -1.16. The van der Waals surface area contributed by atoms with Gasteiger partial charge >= 0.3 is 0 Å². The van der Waals surface area contributed by atoms with Gasteiger partial charge in [0.15, 0.2) is 0 Å². The average molecular weight is 246 g/mol. The van der Waals surface area contributed by atoms with Gasteiger partial charge < -0.3 is 10.2 Å². The number of nitrogens with zero attached hydrogens (tertiary/aromatic N) is 3. The molecule has 0 spiro atoms. The number of aryl methyl sites for hydroxylation is 1. The zero-order valence-corrected chi connectivity index (χ0v) is 11.3. The highest BCUT2D eigenvalue weighted by Gasteiger charge is 2.25. The summed E-state index contributed by atoms with van der Waals surface area (Å²) in [5.74, 6) is 1.61. The lowest BCUT2D eigenvalue weighted by Crippen LogP contribution is -2.29. The van der Waals surface area contributed by atoms with Crippen molar-refractivity contribution in [1.29, 1.82) is 0 Å². The first-order valence-electron chi connectivity index (χ1n) is 6.98. The molecule has 0 saturated heterocycles. The van der Waals surface area contributed by atoms with Gasteiger partial charge in [-0.25, -0.2) is 9.97 Å². The molecule has 2 aliphatic rings. The maximum absolute atomic E-state index is 4.65. The van der Waals surface area contributed by atoms with Crippen molar-refractivity contribution in [3.05, 3.63) is 17.5 Å². The number of hydrogen-bond acceptors (Lipinski definition) is 4. The quantitative estimate of drug-likeness (QED) is 0.872. The third-order valence-corrected chi connectivity index (χ3v) is 3.91. The van der Waals surface area contributed by atoms with Crippen LogP contribution in [0.2, 0.25) is 0 Å². The zero-order valence-electron chi connectivity index (χ0n) is 11.3. The molecule has 1 aromatic rings. The second-order valence-corrected chi connectivity index (χ2v) is 5.83. The van der Waals surface area contributed by atoms with Crippen LogP contribution < -0.4 is 10.2 Å². The van der Waals surface area contributed by atoms with E-state index in [9.17, 15) is 0 Å². The van der Waals surface area contributed by atoms with Crippen LogP contribution >= 0.6 is 0 Å². The lowest BCUT2D eigenvalue weighted by atomic mass is 9.87. The van der Waals surface area contributed by atoms with Crippen molar-refractivity contribution in [3.8, 4) is 0 Å². The molecule has 1 atom stereocenters. The van der Waals surface area contributed by atoms with E-state index in [1.54, 1.807) is 0 Å². The molecule has 0 radical (unpaired) electrons. The van der Waals surface area contributed by atoms with E-state index in [-0.39, 0.29) is 0 Å². The fourth-order valence-electron chi connectivity index (χ4n) is 2.58. The Labute approximate surface area is 109 Å². The van der Waals surface area contributed by atoms with Crippen molar-refractivity contribution < 1.29 is 0 Å². The second-order valence-electron chi connectivity index (χ2n) is 5.83. The highest BCUT2D eigenvalue weighted by molar-refractivity contribution is 5.32. The second kappa shape index (κ2) is 4.84. The third-order valence-electron chi connectivity index (χ3n) is 3.91. The van der Waals surface area contributed by atoms with Crippen LogP contribution in [0.3, 0.4) is 0 Å². The number of rotatable bonds is 4. The molecule has 1 heterocycles. The smallest absolute Gasteiger partial charge is 0.224 e. The number of nitrogens with one attached hydrogen (secondary N) is 1. The van der Waals surface area contributed by atoms with Crippen LogP contribution in [0, 0.1) is 5.92 Å². The van der Waals surface area contributed by atoms with Crippen molar-refractivity contribution in [2.75, 3.05) is 25.5 Å². The molecule has 4 nitrogen and oxygen atoms in total. The molecule has 0 aromatic carbocycles. The van der Waals surface area contributed by atoms with Gasteiger partial charge in [-0.05, 0) is 50.1 Å². The number of anilines is 1. The van der Waals surface area contributed by atoms with Crippen molar-refractivity contribution >= 4 is 5.95 Å². The van der Waals surface area contributed by atoms with E-state index >= 15 is 0 Å². The van der Waals surface area contributed by atoms with Crippen molar-refractivity contribution in [3.63, 3.8) is 0 Å². The zero-order chi connectivity index (χ0) is 12.5. The minimum Gasteiger partial charge on any atom is -0.347 e. The van der Waals surface area contributed by atoms with Gasteiger partial charge in [-0.3, -0.25) is 0 Å². The molecule has 98 valence electrons. The summed E-state index contributed by atoms with van der Waals surface area (Å²) in [4.78, 5) is 11.1. The summed E-state index contributed by atoms with van der Waals surface area (Å²) in [6.07, 6.45) is 8.28. The van der Waals surface area contributed by atoms with Gasteiger partial charge in [0.05, 0.1) is 0 Å². The predicted octanol–water partition coefficient (Wildman–Crippen LogP) is 1.40. The Balaban J connectivity index is 1.64. The third kappa shape index (κ3) is 2.64.